The Morgan fingerprint density at radius 1 is 1.06 bits per heavy atom. The van der Waals surface area contributed by atoms with Crippen LogP contribution in [0.2, 0.25) is 0 Å². The van der Waals surface area contributed by atoms with Crippen molar-refractivity contribution in [1.82, 2.24) is 0 Å². The van der Waals surface area contributed by atoms with Crippen molar-refractivity contribution in [2.24, 2.45) is 0 Å². The number of carbonyl (C=O) groups excluding carboxylic acids is 1. The number of carbonyl (C=O) groups is 1. The standard InChI is InChI=1S/C12H12O4S/c1-14-8-4-7-5-11(12(13)16-3)17-10(7)6-9(8)15-2/h4-6H,1-3H3. The number of fused-ring (bicyclic) bond motifs is 1. The summed E-state index contributed by atoms with van der Waals surface area (Å²) in [6.07, 6.45) is 0. The first-order valence-corrected chi connectivity index (χ1v) is 5.75. The molecule has 0 unspecified atom stereocenters. The molecule has 0 amide bonds. The summed E-state index contributed by atoms with van der Waals surface area (Å²) in [5.41, 5.74) is 0. The van der Waals surface area contributed by atoms with Gasteiger partial charge in [0, 0.05) is 10.8 Å². The maximum Gasteiger partial charge on any atom is 0.348 e. The lowest BCUT2D eigenvalue weighted by Crippen LogP contribution is -1.96. The lowest BCUT2D eigenvalue weighted by atomic mass is 10.2. The second kappa shape index (κ2) is 4.63. The zero-order valence-corrected chi connectivity index (χ0v) is 10.6. The van der Waals surface area contributed by atoms with Crippen molar-refractivity contribution in [3.05, 3.63) is 23.1 Å². The summed E-state index contributed by atoms with van der Waals surface area (Å²) in [5, 5.41) is 0.938. The van der Waals surface area contributed by atoms with Crippen LogP contribution >= 0.6 is 11.3 Å². The highest BCUT2D eigenvalue weighted by molar-refractivity contribution is 7.20. The van der Waals surface area contributed by atoms with Crippen LogP contribution in [0.5, 0.6) is 11.5 Å². The highest BCUT2D eigenvalue weighted by Gasteiger charge is 2.13. The molecule has 4 nitrogen and oxygen atoms in total. The molecule has 0 saturated carbocycles. The Hall–Kier alpha value is -1.75. The minimum absolute atomic E-state index is 0.330. The molecule has 90 valence electrons. The fourth-order valence-electron chi connectivity index (χ4n) is 1.57. The zero-order valence-electron chi connectivity index (χ0n) is 9.77. The Morgan fingerprint density at radius 3 is 2.29 bits per heavy atom. The Morgan fingerprint density at radius 2 is 1.71 bits per heavy atom. The monoisotopic (exact) mass is 252 g/mol. The van der Waals surface area contributed by atoms with Crippen molar-refractivity contribution in [1.29, 1.82) is 0 Å². The van der Waals surface area contributed by atoms with Gasteiger partial charge in [0.05, 0.1) is 21.3 Å². The molecule has 1 aromatic carbocycles. The van der Waals surface area contributed by atoms with Gasteiger partial charge in [0.15, 0.2) is 11.5 Å². The van der Waals surface area contributed by atoms with Gasteiger partial charge >= 0.3 is 5.97 Å². The summed E-state index contributed by atoms with van der Waals surface area (Å²) >= 11 is 1.37. The summed E-state index contributed by atoms with van der Waals surface area (Å²) in [6, 6.07) is 5.48. The van der Waals surface area contributed by atoms with E-state index < -0.39 is 0 Å². The average Bonchev–Trinajstić information content (AvgIpc) is 2.78. The van der Waals surface area contributed by atoms with Gasteiger partial charge in [-0.25, -0.2) is 4.79 Å². The van der Waals surface area contributed by atoms with Crippen molar-refractivity contribution >= 4 is 27.4 Å². The predicted molar refractivity (Wildman–Crippen MR) is 66.3 cm³/mol. The third-order valence-electron chi connectivity index (χ3n) is 2.41. The van der Waals surface area contributed by atoms with E-state index in [-0.39, 0.29) is 5.97 Å². The lowest BCUT2D eigenvalue weighted by Gasteiger charge is -2.06. The van der Waals surface area contributed by atoms with Crippen LogP contribution in [0, 0.1) is 0 Å². The third kappa shape index (κ3) is 2.06. The molecule has 0 aliphatic heterocycles. The van der Waals surface area contributed by atoms with Gasteiger partial charge in [-0.2, -0.15) is 0 Å². The average molecular weight is 252 g/mol. The number of ether oxygens (including phenoxy) is 3. The fraction of sp³-hybridized carbons (Fsp3) is 0.250. The smallest absolute Gasteiger partial charge is 0.348 e. The van der Waals surface area contributed by atoms with Crippen LogP contribution in [0.3, 0.4) is 0 Å². The molecule has 17 heavy (non-hydrogen) atoms. The molecule has 5 heteroatoms. The molecule has 0 N–H and O–H groups in total. The highest BCUT2D eigenvalue weighted by atomic mass is 32.1. The molecule has 2 aromatic rings. The van der Waals surface area contributed by atoms with Gasteiger partial charge in [-0.05, 0) is 17.5 Å². The first-order valence-electron chi connectivity index (χ1n) is 4.93. The molecule has 0 aliphatic rings. The SMILES string of the molecule is COC(=O)c1cc2cc(OC)c(OC)cc2s1. The number of hydrogen-bond acceptors (Lipinski definition) is 5. The van der Waals surface area contributed by atoms with E-state index in [4.69, 9.17) is 9.47 Å². The van der Waals surface area contributed by atoms with Crippen LogP contribution in [0.25, 0.3) is 10.1 Å². The number of hydrogen-bond donors (Lipinski definition) is 0. The number of rotatable bonds is 3. The van der Waals surface area contributed by atoms with Gasteiger partial charge in [-0.15, -0.1) is 11.3 Å². The van der Waals surface area contributed by atoms with Crippen molar-refractivity contribution in [3.8, 4) is 11.5 Å². The molecule has 0 spiro atoms. The van der Waals surface area contributed by atoms with Crippen molar-refractivity contribution in [2.45, 2.75) is 0 Å². The first-order chi connectivity index (χ1) is 8.19. The van der Waals surface area contributed by atoms with Crippen LogP contribution in [0.4, 0.5) is 0 Å². The minimum Gasteiger partial charge on any atom is -0.493 e. The van der Waals surface area contributed by atoms with E-state index in [1.165, 1.54) is 18.4 Å². The fourth-order valence-corrected chi connectivity index (χ4v) is 2.56. The van der Waals surface area contributed by atoms with Gasteiger partial charge in [0.2, 0.25) is 0 Å². The molecule has 1 heterocycles. The molecule has 2 rings (SSSR count). The van der Waals surface area contributed by atoms with Crippen LogP contribution in [-0.4, -0.2) is 27.3 Å². The summed E-state index contributed by atoms with van der Waals surface area (Å²) in [5.74, 6) is 0.969. The van der Waals surface area contributed by atoms with Gasteiger partial charge < -0.3 is 14.2 Å². The van der Waals surface area contributed by atoms with Crippen LogP contribution < -0.4 is 9.47 Å². The van der Waals surface area contributed by atoms with Crippen LogP contribution in [0.1, 0.15) is 9.67 Å². The Bertz CT molecular complexity index is 518. The Balaban J connectivity index is 2.57. The van der Waals surface area contributed by atoms with E-state index in [0.29, 0.717) is 16.4 Å². The minimum atomic E-state index is -0.330. The van der Waals surface area contributed by atoms with E-state index in [0.717, 1.165) is 10.1 Å². The summed E-state index contributed by atoms with van der Waals surface area (Å²) in [6.45, 7) is 0. The maximum absolute atomic E-state index is 11.4. The molecule has 0 saturated heterocycles. The number of methoxy groups -OCH3 is 3. The first kappa shape index (κ1) is 11.7. The summed E-state index contributed by atoms with van der Waals surface area (Å²) < 4.78 is 16.1. The number of thiophene rings is 1. The molecule has 0 aliphatic carbocycles. The predicted octanol–water partition coefficient (Wildman–Crippen LogP) is 2.71. The quantitative estimate of drug-likeness (QED) is 0.788. The van der Waals surface area contributed by atoms with Gasteiger partial charge in [0.25, 0.3) is 0 Å². The molecule has 0 bridgehead atoms. The molecular weight excluding hydrogens is 240 g/mol. The summed E-state index contributed by atoms with van der Waals surface area (Å²) in [7, 11) is 4.53. The molecule has 1 aromatic heterocycles. The van der Waals surface area contributed by atoms with E-state index in [9.17, 15) is 4.79 Å². The topological polar surface area (TPSA) is 44.8 Å². The second-order valence-corrected chi connectivity index (χ2v) is 4.43. The Labute approximate surface area is 103 Å². The maximum atomic E-state index is 11.4. The second-order valence-electron chi connectivity index (χ2n) is 3.35. The van der Waals surface area contributed by atoms with Gasteiger partial charge in [-0.3, -0.25) is 0 Å². The van der Waals surface area contributed by atoms with Crippen LogP contribution in [0.15, 0.2) is 18.2 Å². The van der Waals surface area contributed by atoms with Crippen molar-refractivity contribution < 1.29 is 19.0 Å². The highest BCUT2D eigenvalue weighted by Crippen LogP contribution is 2.36. The van der Waals surface area contributed by atoms with Crippen molar-refractivity contribution in [2.75, 3.05) is 21.3 Å². The van der Waals surface area contributed by atoms with E-state index >= 15 is 0 Å². The van der Waals surface area contributed by atoms with Crippen LogP contribution in [-0.2, 0) is 4.74 Å². The number of benzene rings is 1. The van der Waals surface area contributed by atoms with Gasteiger partial charge in [0.1, 0.15) is 4.88 Å². The largest absolute Gasteiger partial charge is 0.493 e. The normalized spacial score (nSPS) is 10.3. The van der Waals surface area contributed by atoms with Crippen molar-refractivity contribution in [3.63, 3.8) is 0 Å². The van der Waals surface area contributed by atoms with E-state index in [2.05, 4.69) is 4.74 Å². The third-order valence-corrected chi connectivity index (χ3v) is 3.49. The molecule has 0 fully saturated rings. The lowest BCUT2D eigenvalue weighted by molar-refractivity contribution is 0.0606. The summed E-state index contributed by atoms with van der Waals surface area (Å²) in [4.78, 5) is 12.0. The molecular formula is C12H12O4S. The number of esters is 1. The Kier molecular flexibility index (Phi) is 3.19. The van der Waals surface area contributed by atoms with Gasteiger partial charge in [-0.1, -0.05) is 0 Å². The molecule has 0 radical (unpaired) electrons. The molecule has 0 atom stereocenters. The van der Waals surface area contributed by atoms with E-state index in [1.54, 1.807) is 20.3 Å². The zero-order chi connectivity index (χ0) is 12.4. The van der Waals surface area contributed by atoms with E-state index in [1.807, 2.05) is 12.1 Å².